The second-order valence-corrected chi connectivity index (χ2v) is 3.29. The van der Waals surface area contributed by atoms with Crippen molar-refractivity contribution < 1.29 is 0 Å². The maximum atomic E-state index is 5.67. The van der Waals surface area contributed by atoms with Crippen LogP contribution < -0.4 is 5.73 Å². The van der Waals surface area contributed by atoms with Crippen molar-refractivity contribution in [2.45, 2.75) is 18.9 Å². The van der Waals surface area contributed by atoms with Crippen LogP contribution in [0.15, 0.2) is 0 Å². The second-order valence-electron chi connectivity index (χ2n) is 3.29. The van der Waals surface area contributed by atoms with Gasteiger partial charge in [-0.1, -0.05) is 0 Å². The Kier molecular flexibility index (Phi) is 1.64. The molecule has 0 aromatic carbocycles. The molecule has 2 aliphatic rings. The van der Waals surface area contributed by atoms with Crippen LogP contribution in [0.2, 0.25) is 0 Å². The molecule has 0 amide bonds. The fraction of sp³-hybridized carbons (Fsp3) is 1.00. The molecule has 2 aliphatic heterocycles. The van der Waals surface area contributed by atoms with Gasteiger partial charge in [-0.05, 0) is 12.8 Å². The number of rotatable bonds is 1. The van der Waals surface area contributed by atoms with Gasteiger partial charge in [0.15, 0.2) is 0 Å². The van der Waals surface area contributed by atoms with Gasteiger partial charge in [0.25, 0.3) is 0 Å². The van der Waals surface area contributed by atoms with E-state index in [9.17, 15) is 0 Å². The maximum Gasteiger partial charge on any atom is 0.0325 e. The fourth-order valence-corrected chi connectivity index (χ4v) is 1.70. The van der Waals surface area contributed by atoms with Crippen LogP contribution in [0.25, 0.3) is 0 Å². The molecule has 2 fully saturated rings. The first-order chi connectivity index (χ1) is 4.86. The number of hydrogen-bond acceptors (Lipinski definition) is 3. The molecule has 58 valence electrons. The summed E-state index contributed by atoms with van der Waals surface area (Å²) in [7, 11) is 0. The Hall–Kier alpha value is -0.120. The van der Waals surface area contributed by atoms with Gasteiger partial charge in [-0.3, -0.25) is 0 Å². The van der Waals surface area contributed by atoms with E-state index in [2.05, 4.69) is 10.0 Å². The lowest BCUT2D eigenvalue weighted by molar-refractivity contribution is -0.0659. The van der Waals surface area contributed by atoms with Gasteiger partial charge in [0, 0.05) is 32.2 Å². The van der Waals surface area contributed by atoms with E-state index in [-0.39, 0.29) is 0 Å². The standard InChI is InChI=1S/C7H15N3/c8-7-5-10(6-7)9-3-1-2-4-9/h7H,1-6,8H2. The summed E-state index contributed by atoms with van der Waals surface area (Å²) >= 11 is 0. The first kappa shape index (κ1) is 6.58. The average Bonchev–Trinajstić information content (AvgIpc) is 2.31. The lowest BCUT2D eigenvalue weighted by Gasteiger charge is -2.42. The monoisotopic (exact) mass is 141 g/mol. The van der Waals surface area contributed by atoms with Crippen molar-refractivity contribution in [3.05, 3.63) is 0 Å². The number of nitrogens with zero attached hydrogens (tertiary/aromatic N) is 2. The van der Waals surface area contributed by atoms with Crippen LogP contribution in [-0.2, 0) is 0 Å². The molecule has 2 rings (SSSR count). The van der Waals surface area contributed by atoms with Gasteiger partial charge >= 0.3 is 0 Å². The molecule has 0 unspecified atom stereocenters. The zero-order valence-corrected chi connectivity index (χ0v) is 6.29. The minimum Gasteiger partial charge on any atom is -0.325 e. The Morgan fingerprint density at radius 3 is 2.10 bits per heavy atom. The van der Waals surface area contributed by atoms with Gasteiger partial charge in [-0.2, -0.15) is 0 Å². The minimum absolute atomic E-state index is 0.445. The van der Waals surface area contributed by atoms with Crippen molar-refractivity contribution in [1.29, 1.82) is 0 Å². The van der Waals surface area contributed by atoms with E-state index in [4.69, 9.17) is 5.73 Å². The molecule has 0 saturated carbocycles. The number of hydrazine groups is 1. The Balaban J connectivity index is 1.78. The number of nitrogens with two attached hydrogens (primary N) is 1. The van der Waals surface area contributed by atoms with Crippen LogP contribution in [-0.4, -0.2) is 42.2 Å². The summed E-state index contributed by atoms with van der Waals surface area (Å²) in [6.45, 7) is 4.68. The van der Waals surface area contributed by atoms with Crippen LogP contribution in [0.5, 0.6) is 0 Å². The van der Waals surface area contributed by atoms with Gasteiger partial charge < -0.3 is 5.73 Å². The van der Waals surface area contributed by atoms with Crippen LogP contribution in [0, 0.1) is 0 Å². The third-order valence-electron chi connectivity index (χ3n) is 2.37. The van der Waals surface area contributed by atoms with Gasteiger partial charge in [-0.25, -0.2) is 10.0 Å². The van der Waals surface area contributed by atoms with Crippen LogP contribution in [0.4, 0.5) is 0 Å². The van der Waals surface area contributed by atoms with E-state index < -0.39 is 0 Å². The summed E-state index contributed by atoms with van der Waals surface area (Å²) in [6.07, 6.45) is 2.73. The molecule has 0 bridgehead atoms. The lowest BCUT2D eigenvalue weighted by atomic mass is 10.2. The molecule has 2 N–H and O–H groups in total. The van der Waals surface area contributed by atoms with Gasteiger partial charge in [0.2, 0.25) is 0 Å². The molecule has 0 aromatic rings. The average molecular weight is 141 g/mol. The largest absolute Gasteiger partial charge is 0.325 e. The Morgan fingerprint density at radius 2 is 1.60 bits per heavy atom. The van der Waals surface area contributed by atoms with Crippen molar-refractivity contribution in [2.75, 3.05) is 26.2 Å². The highest BCUT2D eigenvalue weighted by atomic mass is 15.7. The summed E-state index contributed by atoms with van der Waals surface area (Å²) in [5.41, 5.74) is 5.67. The molecule has 0 aliphatic carbocycles. The third kappa shape index (κ3) is 1.05. The van der Waals surface area contributed by atoms with E-state index in [1.54, 1.807) is 0 Å². The summed E-state index contributed by atoms with van der Waals surface area (Å²) < 4.78 is 0. The molecular formula is C7H15N3. The highest BCUT2D eigenvalue weighted by Crippen LogP contribution is 2.15. The predicted molar refractivity (Wildman–Crippen MR) is 40.4 cm³/mol. The summed E-state index contributed by atoms with van der Waals surface area (Å²) in [5.74, 6) is 0. The van der Waals surface area contributed by atoms with Crippen LogP contribution in [0.3, 0.4) is 0 Å². The molecule has 2 heterocycles. The zero-order chi connectivity index (χ0) is 6.97. The SMILES string of the molecule is NC1CN(N2CCCC2)C1. The van der Waals surface area contributed by atoms with Gasteiger partial charge in [0.1, 0.15) is 0 Å². The normalized spacial score (nSPS) is 30.9. The summed E-state index contributed by atoms with van der Waals surface area (Å²) in [5, 5.41) is 4.81. The van der Waals surface area contributed by atoms with Gasteiger partial charge in [0.05, 0.1) is 0 Å². The van der Waals surface area contributed by atoms with E-state index in [1.165, 1.54) is 25.9 Å². The molecule has 2 saturated heterocycles. The quantitative estimate of drug-likeness (QED) is 0.541. The molecule has 0 radical (unpaired) electrons. The third-order valence-corrected chi connectivity index (χ3v) is 2.37. The van der Waals surface area contributed by atoms with Crippen molar-refractivity contribution in [2.24, 2.45) is 5.73 Å². The van der Waals surface area contributed by atoms with E-state index in [0.29, 0.717) is 6.04 Å². The number of hydrogen-bond donors (Lipinski definition) is 1. The Bertz CT molecular complexity index is 114. The van der Waals surface area contributed by atoms with E-state index >= 15 is 0 Å². The molecule has 0 aromatic heterocycles. The highest BCUT2D eigenvalue weighted by Gasteiger charge is 2.29. The lowest BCUT2D eigenvalue weighted by Crippen LogP contribution is -2.61. The summed E-state index contributed by atoms with van der Waals surface area (Å²) in [6, 6.07) is 0.445. The molecule has 0 spiro atoms. The predicted octanol–water partition coefficient (Wildman–Crippen LogP) is -0.360. The van der Waals surface area contributed by atoms with Crippen LogP contribution >= 0.6 is 0 Å². The topological polar surface area (TPSA) is 32.5 Å². The van der Waals surface area contributed by atoms with E-state index in [1.807, 2.05) is 0 Å². The summed E-state index contributed by atoms with van der Waals surface area (Å²) in [4.78, 5) is 0. The first-order valence-electron chi connectivity index (χ1n) is 4.11. The minimum atomic E-state index is 0.445. The molecule has 10 heavy (non-hydrogen) atoms. The molecule has 3 heteroatoms. The zero-order valence-electron chi connectivity index (χ0n) is 6.29. The second kappa shape index (κ2) is 2.49. The van der Waals surface area contributed by atoms with Crippen molar-refractivity contribution >= 4 is 0 Å². The Morgan fingerprint density at radius 1 is 1.00 bits per heavy atom. The first-order valence-corrected chi connectivity index (χ1v) is 4.11. The molecular weight excluding hydrogens is 126 g/mol. The van der Waals surface area contributed by atoms with Gasteiger partial charge in [-0.15, -0.1) is 0 Å². The van der Waals surface area contributed by atoms with Crippen molar-refractivity contribution in [3.8, 4) is 0 Å². The molecule has 0 atom stereocenters. The van der Waals surface area contributed by atoms with Crippen LogP contribution in [0.1, 0.15) is 12.8 Å². The highest BCUT2D eigenvalue weighted by molar-refractivity contribution is 4.82. The van der Waals surface area contributed by atoms with E-state index in [0.717, 1.165) is 13.1 Å². The van der Waals surface area contributed by atoms with Crippen molar-refractivity contribution in [1.82, 2.24) is 10.0 Å². The Labute approximate surface area is 61.7 Å². The smallest absolute Gasteiger partial charge is 0.0325 e. The maximum absolute atomic E-state index is 5.67. The van der Waals surface area contributed by atoms with Crippen molar-refractivity contribution in [3.63, 3.8) is 0 Å². The fourth-order valence-electron chi connectivity index (χ4n) is 1.70. The molecule has 3 nitrogen and oxygen atoms in total.